The highest BCUT2D eigenvalue weighted by molar-refractivity contribution is 6.31. The first-order valence-corrected chi connectivity index (χ1v) is 12.7. The molecule has 3 aromatic carbocycles. The topological polar surface area (TPSA) is 88.4 Å². The van der Waals surface area contributed by atoms with E-state index in [1.807, 2.05) is 54.6 Å². The van der Waals surface area contributed by atoms with Crippen LogP contribution in [-0.2, 0) is 11.4 Å². The number of aromatic nitrogens is 4. The summed E-state index contributed by atoms with van der Waals surface area (Å²) in [5.41, 5.74) is 3.95. The van der Waals surface area contributed by atoms with E-state index < -0.39 is 0 Å². The number of nitrogens with zero attached hydrogens (tertiary/aromatic N) is 4. The van der Waals surface area contributed by atoms with Crippen molar-refractivity contribution >= 4 is 40.4 Å². The van der Waals surface area contributed by atoms with Gasteiger partial charge in [-0.3, -0.25) is 9.78 Å². The Hall–Kier alpha value is -4.95. The lowest BCUT2D eigenvalue weighted by Crippen LogP contribution is -1.98. The second kappa shape index (κ2) is 12.3. The molecule has 8 nitrogen and oxygen atoms in total. The van der Waals surface area contributed by atoms with E-state index in [0.29, 0.717) is 22.2 Å². The Morgan fingerprint density at radius 1 is 0.900 bits per heavy atom. The Labute approximate surface area is 236 Å². The molecule has 0 bridgehead atoms. The Morgan fingerprint density at radius 3 is 2.45 bits per heavy atom. The van der Waals surface area contributed by atoms with Crippen LogP contribution in [0.3, 0.4) is 0 Å². The quantitative estimate of drug-likeness (QED) is 0.186. The number of pyridine rings is 1. The second-order valence-electron chi connectivity index (χ2n) is 8.69. The van der Waals surface area contributed by atoms with Crippen molar-refractivity contribution in [1.82, 2.24) is 20.0 Å². The molecule has 0 saturated carbocycles. The molecule has 5 rings (SSSR count). The van der Waals surface area contributed by atoms with Gasteiger partial charge in [0.2, 0.25) is 0 Å². The van der Waals surface area contributed by atoms with Crippen LogP contribution in [0.25, 0.3) is 28.7 Å². The fraction of sp³-hybridized carbons (Fsp3) is 0.0968. The van der Waals surface area contributed by atoms with Gasteiger partial charge in [-0.25, -0.2) is 4.68 Å². The average molecular weight is 553 g/mol. The molecule has 2 aromatic heterocycles. The second-order valence-corrected chi connectivity index (χ2v) is 9.12. The van der Waals surface area contributed by atoms with Crippen LogP contribution in [-0.4, -0.2) is 40.0 Å². The molecule has 0 aliphatic carbocycles. The maximum atomic E-state index is 12.3. The molecule has 0 atom stereocenters. The number of rotatable bonds is 10. The number of ketones is 1. The van der Waals surface area contributed by atoms with Gasteiger partial charge < -0.3 is 14.2 Å². The summed E-state index contributed by atoms with van der Waals surface area (Å²) in [6.45, 7) is 0.190. The number of carbonyl (C=O) groups excluding carboxylic acids is 1. The van der Waals surface area contributed by atoms with Crippen molar-refractivity contribution in [3.63, 3.8) is 0 Å². The summed E-state index contributed by atoms with van der Waals surface area (Å²) < 4.78 is 18.3. The van der Waals surface area contributed by atoms with E-state index in [2.05, 4.69) is 15.3 Å². The zero-order chi connectivity index (χ0) is 27.9. The molecular formula is C31H25ClN4O4. The number of carbonyl (C=O) groups is 1. The Balaban J connectivity index is 1.22. The maximum absolute atomic E-state index is 12.3. The monoisotopic (exact) mass is 552 g/mol. The largest absolute Gasteiger partial charge is 0.497 e. The van der Waals surface area contributed by atoms with E-state index in [0.717, 1.165) is 33.5 Å². The number of allylic oxidation sites excluding steroid dienone is 2. The van der Waals surface area contributed by atoms with Crippen LogP contribution in [0, 0.1) is 0 Å². The fourth-order valence-electron chi connectivity index (χ4n) is 3.97. The van der Waals surface area contributed by atoms with Crippen LogP contribution in [0.4, 0.5) is 0 Å². The Kier molecular flexibility index (Phi) is 8.18. The molecule has 0 aliphatic heterocycles. The molecule has 0 aliphatic rings. The third kappa shape index (κ3) is 6.36. The van der Waals surface area contributed by atoms with Crippen LogP contribution < -0.4 is 14.2 Å². The summed E-state index contributed by atoms with van der Waals surface area (Å²) in [5, 5.41) is 10.0. The third-order valence-electron chi connectivity index (χ3n) is 6.03. The summed E-state index contributed by atoms with van der Waals surface area (Å²) in [6, 6.07) is 20.3. The first kappa shape index (κ1) is 26.6. The van der Waals surface area contributed by atoms with Gasteiger partial charge in [0.15, 0.2) is 17.3 Å². The number of ether oxygens (including phenoxy) is 3. The van der Waals surface area contributed by atoms with Gasteiger partial charge in [0.25, 0.3) is 0 Å². The molecule has 0 saturated heterocycles. The summed E-state index contributed by atoms with van der Waals surface area (Å²) >= 11 is 6.10. The number of hydrogen-bond donors (Lipinski definition) is 0. The van der Waals surface area contributed by atoms with E-state index in [-0.39, 0.29) is 12.4 Å². The Morgan fingerprint density at radius 2 is 1.68 bits per heavy atom. The first-order valence-electron chi connectivity index (χ1n) is 12.3. The maximum Gasteiger partial charge on any atom is 0.178 e. The highest BCUT2D eigenvalue weighted by atomic mass is 35.5. The summed E-state index contributed by atoms with van der Waals surface area (Å²) in [4.78, 5) is 16.7. The van der Waals surface area contributed by atoms with Crippen molar-refractivity contribution in [2.45, 2.75) is 6.61 Å². The van der Waals surface area contributed by atoms with Crippen LogP contribution in [0.5, 0.6) is 17.2 Å². The van der Waals surface area contributed by atoms with Crippen LogP contribution >= 0.6 is 11.6 Å². The minimum Gasteiger partial charge on any atom is -0.497 e. The minimum atomic E-state index is -0.136. The van der Waals surface area contributed by atoms with Gasteiger partial charge in [0.1, 0.15) is 18.1 Å². The SMILES string of the molecule is COc1ccc(/C=C/C(=O)/C=C/c2ccc(OCc3cn(-c4ccnc5cc(Cl)ccc45)nn3)c(OC)c2)cc1. The van der Waals surface area contributed by atoms with Gasteiger partial charge in [0, 0.05) is 16.6 Å². The fourth-order valence-corrected chi connectivity index (χ4v) is 4.14. The van der Waals surface area contributed by atoms with Crippen molar-refractivity contribution in [2.75, 3.05) is 14.2 Å². The van der Waals surface area contributed by atoms with Crippen molar-refractivity contribution < 1.29 is 19.0 Å². The molecule has 9 heteroatoms. The van der Waals surface area contributed by atoms with Gasteiger partial charge in [-0.05, 0) is 71.8 Å². The highest BCUT2D eigenvalue weighted by Gasteiger charge is 2.10. The molecule has 0 amide bonds. The van der Waals surface area contributed by atoms with Gasteiger partial charge in [-0.1, -0.05) is 47.2 Å². The summed E-state index contributed by atoms with van der Waals surface area (Å²) in [7, 11) is 3.18. The molecule has 40 heavy (non-hydrogen) atoms. The van der Waals surface area contributed by atoms with E-state index in [1.54, 1.807) is 55.6 Å². The molecule has 5 aromatic rings. The normalized spacial score (nSPS) is 11.4. The lowest BCUT2D eigenvalue weighted by molar-refractivity contribution is -0.110. The first-order chi connectivity index (χ1) is 19.5. The Bertz CT molecular complexity index is 1710. The lowest BCUT2D eigenvalue weighted by Gasteiger charge is -2.10. The molecular weight excluding hydrogens is 528 g/mol. The predicted molar refractivity (Wildman–Crippen MR) is 155 cm³/mol. The van der Waals surface area contributed by atoms with Gasteiger partial charge in [0.05, 0.1) is 31.6 Å². The van der Waals surface area contributed by atoms with Crippen LogP contribution in [0.1, 0.15) is 16.8 Å². The van der Waals surface area contributed by atoms with Crippen molar-refractivity contribution in [3.8, 4) is 22.9 Å². The molecule has 0 radical (unpaired) electrons. The van der Waals surface area contributed by atoms with Crippen molar-refractivity contribution in [1.29, 1.82) is 0 Å². The van der Waals surface area contributed by atoms with E-state index in [9.17, 15) is 4.79 Å². The lowest BCUT2D eigenvalue weighted by atomic mass is 10.1. The van der Waals surface area contributed by atoms with Gasteiger partial charge in [-0.15, -0.1) is 5.10 Å². The average Bonchev–Trinajstić information content (AvgIpc) is 3.46. The standard InChI is InChI=1S/C31H25ClN4O4/c1-38-26-11-5-21(6-12-26)3-9-25(37)10-4-22-7-14-30(31(17-22)39-2)40-20-24-19-36(35-34-24)29-15-16-33-28-18-23(32)8-13-27(28)29/h3-19H,20H2,1-2H3/b9-3+,10-4+. The number of halogens is 1. The van der Waals surface area contributed by atoms with E-state index >= 15 is 0 Å². The van der Waals surface area contributed by atoms with Gasteiger partial charge >= 0.3 is 0 Å². The molecule has 0 spiro atoms. The number of hydrogen-bond acceptors (Lipinski definition) is 7. The summed E-state index contributed by atoms with van der Waals surface area (Å²) in [6.07, 6.45) is 10.0. The number of benzene rings is 3. The molecule has 0 unspecified atom stereocenters. The minimum absolute atomic E-state index is 0.136. The molecule has 0 N–H and O–H groups in total. The third-order valence-corrected chi connectivity index (χ3v) is 6.26. The number of fused-ring (bicyclic) bond motifs is 1. The van der Waals surface area contributed by atoms with E-state index in [1.165, 1.54) is 12.2 Å². The van der Waals surface area contributed by atoms with Crippen molar-refractivity contribution in [2.24, 2.45) is 0 Å². The summed E-state index contributed by atoms with van der Waals surface area (Å²) in [5.74, 6) is 1.71. The van der Waals surface area contributed by atoms with Crippen LogP contribution in [0.15, 0.2) is 91.3 Å². The van der Waals surface area contributed by atoms with E-state index in [4.69, 9.17) is 25.8 Å². The molecule has 200 valence electrons. The number of methoxy groups -OCH3 is 2. The zero-order valence-corrected chi connectivity index (χ0v) is 22.6. The smallest absolute Gasteiger partial charge is 0.178 e. The molecule has 2 heterocycles. The highest BCUT2D eigenvalue weighted by Crippen LogP contribution is 2.29. The predicted octanol–water partition coefficient (Wildman–Crippen LogP) is 6.36. The van der Waals surface area contributed by atoms with Crippen LogP contribution in [0.2, 0.25) is 5.02 Å². The van der Waals surface area contributed by atoms with Crippen molar-refractivity contribution in [3.05, 3.63) is 113 Å². The zero-order valence-electron chi connectivity index (χ0n) is 21.8. The molecule has 0 fully saturated rings. The van der Waals surface area contributed by atoms with Gasteiger partial charge in [-0.2, -0.15) is 0 Å².